The second kappa shape index (κ2) is 10.0. The zero-order chi connectivity index (χ0) is 19.6. The molecule has 0 atom stereocenters. The lowest BCUT2D eigenvalue weighted by Crippen LogP contribution is -2.34. The van der Waals surface area contributed by atoms with E-state index in [-0.39, 0.29) is 44.1 Å². The number of esters is 1. The first-order chi connectivity index (χ1) is 13.0. The van der Waals surface area contributed by atoms with Gasteiger partial charge < -0.3 is 9.64 Å². The first kappa shape index (κ1) is 20.0. The van der Waals surface area contributed by atoms with Crippen LogP contribution in [0.15, 0.2) is 48.8 Å². The number of hydrogen-bond donors (Lipinski definition) is 0. The van der Waals surface area contributed by atoms with E-state index in [1.54, 1.807) is 43.6 Å². The Morgan fingerprint density at radius 3 is 2.67 bits per heavy atom. The van der Waals surface area contributed by atoms with Gasteiger partial charge in [-0.25, -0.2) is 0 Å². The molecule has 8 nitrogen and oxygen atoms in total. The van der Waals surface area contributed by atoms with Crippen molar-refractivity contribution in [1.29, 1.82) is 0 Å². The monoisotopic (exact) mass is 371 g/mol. The number of nitrogens with zero attached hydrogens (tertiary/aromatic N) is 3. The Labute approximate surface area is 156 Å². The molecule has 1 aromatic heterocycles. The summed E-state index contributed by atoms with van der Waals surface area (Å²) >= 11 is 0. The van der Waals surface area contributed by atoms with E-state index in [2.05, 4.69) is 4.98 Å². The highest BCUT2D eigenvalue weighted by Crippen LogP contribution is 2.19. The van der Waals surface area contributed by atoms with Gasteiger partial charge in [0.15, 0.2) is 0 Å². The molecule has 0 radical (unpaired) electrons. The van der Waals surface area contributed by atoms with Crippen LogP contribution in [0.25, 0.3) is 0 Å². The summed E-state index contributed by atoms with van der Waals surface area (Å²) in [5, 5.41) is 11.2. The summed E-state index contributed by atoms with van der Waals surface area (Å²) in [6, 6.07) is 9.71. The summed E-state index contributed by atoms with van der Waals surface area (Å²) in [6.07, 6.45) is 3.19. The van der Waals surface area contributed by atoms with E-state index in [1.165, 1.54) is 11.0 Å². The molecule has 0 bridgehead atoms. The number of carbonyl (C=O) groups excluding carboxylic acids is 2. The molecule has 1 aromatic carbocycles. The fourth-order valence-electron chi connectivity index (χ4n) is 2.58. The van der Waals surface area contributed by atoms with Gasteiger partial charge in [0, 0.05) is 37.1 Å². The van der Waals surface area contributed by atoms with Crippen molar-refractivity contribution in [2.24, 2.45) is 0 Å². The number of carbonyl (C=O) groups is 2. The van der Waals surface area contributed by atoms with Crippen LogP contribution in [-0.2, 0) is 27.3 Å². The van der Waals surface area contributed by atoms with E-state index in [4.69, 9.17) is 4.74 Å². The molecule has 0 aliphatic rings. The van der Waals surface area contributed by atoms with Crippen LogP contribution in [0.2, 0.25) is 0 Å². The van der Waals surface area contributed by atoms with Gasteiger partial charge in [0.05, 0.1) is 24.4 Å². The lowest BCUT2D eigenvalue weighted by atomic mass is 10.1. The van der Waals surface area contributed by atoms with E-state index in [0.29, 0.717) is 5.56 Å². The van der Waals surface area contributed by atoms with Crippen molar-refractivity contribution in [3.05, 3.63) is 70.0 Å². The predicted octanol–water partition coefficient (Wildman–Crippen LogP) is 2.51. The SMILES string of the molecule is CCOC(=O)CCN(Cc1cccnc1)C(=O)Cc1ccccc1[N+](=O)[O-]. The molecule has 0 aliphatic carbocycles. The Hall–Kier alpha value is -3.29. The summed E-state index contributed by atoms with van der Waals surface area (Å²) in [5.41, 5.74) is 1.04. The van der Waals surface area contributed by atoms with E-state index in [0.717, 1.165) is 5.56 Å². The van der Waals surface area contributed by atoms with E-state index in [9.17, 15) is 19.7 Å². The maximum Gasteiger partial charge on any atom is 0.307 e. The lowest BCUT2D eigenvalue weighted by Gasteiger charge is -2.22. The van der Waals surface area contributed by atoms with Crippen LogP contribution < -0.4 is 0 Å². The van der Waals surface area contributed by atoms with Crippen molar-refractivity contribution in [2.45, 2.75) is 26.3 Å². The summed E-state index contributed by atoms with van der Waals surface area (Å²) in [5.74, 6) is -0.704. The Morgan fingerprint density at radius 1 is 1.22 bits per heavy atom. The van der Waals surface area contributed by atoms with Gasteiger partial charge in [0.1, 0.15) is 0 Å². The van der Waals surface area contributed by atoms with E-state index >= 15 is 0 Å². The number of ether oxygens (including phenoxy) is 1. The van der Waals surface area contributed by atoms with Crippen LogP contribution in [0.4, 0.5) is 5.69 Å². The molecule has 27 heavy (non-hydrogen) atoms. The molecular weight excluding hydrogens is 350 g/mol. The fourth-order valence-corrected chi connectivity index (χ4v) is 2.58. The highest BCUT2D eigenvalue weighted by atomic mass is 16.6. The molecule has 2 rings (SSSR count). The Bertz CT molecular complexity index is 795. The van der Waals surface area contributed by atoms with E-state index < -0.39 is 10.9 Å². The molecule has 8 heteroatoms. The minimum atomic E-state index is -0.507. The van der Waals surface area contributed by atoms with Crippen LogP contribution in [0.1, 0.15) is 24.5 Å². The zero-order valence-electron chi connectivity index (χ0n) is 15.0. The third-order valence-electron chi connectivity index (χ3n) is 3.87. The lowest BCUT2D eigenvalue weighted by molar-refractivity contribution is -0.385. The normalized spacial score (nSPS) is 10.3. The maximum absolute atomic E-state index is 12.8. The number of rotatable bonds is 9. The minimum Gasteiger partial charge on any atom is -0.466 e. The second-order valence-corrected chi connectivity index (χ2v) is 5.79. The third kappa shape index (κ3) is 6.18. The average molecular weight is 371 g/mol. The van der Waals surface area contributed by atoms with Crippen LogP contribution in [-0.4, -0.2) is 39.8 Å². The third-order valence-corrected chi connectivity index (χ3v) is 3.87. The zero-order valence-corrected chi connectivity index (χ0v) is 15.0. The number of nitro groups is 1. The summed E-state index contributed by atoms with van der Waals surface area (Å²) in [7, 11) is 0. The fraction of sp³-hybridized carbons (Fsp3) is 0.316. The van der Waals surface area contributed by atoms with Crippen molar-refractivity contribution < 1.29 is 19.2 Å². The standard InChI is InChI=1S/C19H21N3O5/c1-2-27-19(24)9-11-21(14-15-6-5-10-20-13-15)18(23)12-16-7-3-4-8-17(16)22(25)26/h3-8,10,13H,2,9,11-12,14H2,1H3. The molecule has 0 aliphatic heterocycles. The van der Waals surface area contributed by atoms with Gasteiger partial charge in [0.2, 0.25) is 5.91 Å². The van der Waals surface area contributed by atoms with Gasteiger partial charge in [-0.2, -0.15) is 0 Å². The minimum absolute atomic E-state index is 0.0523. The number of hydrogen-bond acceptors (Lipinski definition) is 6. The first-order valence-electron chi connectivity index (χ1n) is 8.55. The number of benzene rings is 1. The number of aromatic nitrogens is 1. The molecule has 1 heterocycles. The molecule has 1 amide bonds. The van der Waals surface area contributed by atoms with Crippen molar-refractivity contribution in [1.82, 2.24) is 9.88 Å². The molecule has 0 fully saturated rings. The number of amides is 1. The van der Waals surface area contributed by atoms with Crippen LogP contribution >= 0.6 is 0 Å². The number of nitro benzene ring substituents is 1. The largest absolute Gasteiger partial charge is 0.466 e. The summed E-state index contributed by atoms with van der Waals surface area (Å²) in [6.45, 7) is 2.40. The molecule has 0 saturated carbocycles. The first-order valence-corrected chi connectivity index (χ1v) is 8.55. The molecular formula is C19H21N3O5. The highest BCUT2D eigenvalue weighted by Gasteiger charge is 2.21. The molecule has 0 spiro atoms. The Kier molecular flexibility index (Phi) is 7.42. The molecule has 142 valence electrons. The van der Waals surface area contributed by atoms with Crippen molar-refractivity contribution in [3.8, 4) is 0 Å². The van der Waals surface area contributed by atoms with Gasteiger partial charge in [-0.3, -0.25) is 24.7 Å². The van der Waals surface area contributed by atoms with Gasteiger partial charge >= 0.3 is 5.97 Å². The van der Waals surface area contributed by atoms with Gasteiger partial charge in [-0.05, 0) is 18.6 Å². The van der Waals surface area contributed by atoms with Crippen molar-refractivity contribution in [3.63, 3.8) is 0 Å². The maximum atomic E-state index is 12.8. The molecule has 0 saturated heterocycles. The topological polar surface area (TPSA) is 103 Å². The van der Waals surface area contributed by atoms with Crippen molar-refractivity contribution in [2.75, 3.05) is 13.2 Å². The van der Waals surface area contributed by atoms with Crippen LogP contribution in [0.5, 0.6) is 0 Å². The number of pyridine rings is 1. The summed E-state index contributed by atoms with van der Waals surface area (Å²) < 4.78 is 4.91. The smallest absolute Gasteiger partial charge is 0.307 e. The number of para-hydroxylation sites is 1. The van der Waals surface area contributed by atoms with Gasteiger partial charge in [-0.1, -0.05) is 24.3 Å². The van der Waals surface area contributed by atoms with E-state index in [1.807, 2.05) is 6.07 Å². The highest BCUT2D eigenvalue weighted by molar-refractivity contribution is 5.80. The average Bonchev–Trinajstić information content (AvgIpc) is 2.66. The molecule has 0 unspecified atom stereocenters. The van der Waals surface area contributed by atoms with Gasteiger partial charge in [0.25, 0.3) is 5.69 Å². The molecule has 2 aromatic rings. The van der Waals surface area contributed by atoms with Crippen LogP contribution in [0.3, 0.4) is 0 Å². The Balaban J connectivity index is 2.14. The van der Waals surface area contributed by atoms with Crippen LogP contribution in [0, 0.1) is 10.1 Å². The summed E-state index contributed by atoms with van der Waals surface area (Å²) in [4.78, 5) is 40.6. The van der Waals surface area contributed by atoms with Crippen molar-refractivity contribution >= 4 is 17.6 Å². The second-order valence-electron chi connectivity index (χ2n) is 5.79. The molecule has 0 N–H and O–H groups in total. The van der Waals surface area contributed by atoms with Gasteiger partial charge in [-0.15, -0.1) is 0 Å². The quantitative estimate of drug-likeness (QED) is 0.381. The Morgan fingerprint density at radius 2 is 2.00 bits per heavy atom. The predicted molar refractivity (Wildman–Crippen MR) is 97.7 cm³/mol.